The SMILES string of the molecule is CCOc1ccc(C2C(C(=O)C3CC3)=C(O)C(=O)N2CCN2CCCC2)cc1OCC. The van der Waals surface area contributed by atoms with E-state index in [0.717, 1.165) is 38.0 Å². The van der Waals surface area contributed by atoms with E-state index in [0.29, 0.717) is 31.3 Å². The largest absolute Gasteiger partial charge is 0.503 e. The molecule has 31 heavy (non-hydrogen) atoms. The Labute approximate surface area is 183 Å². The molecule has 1 amide bonds. The number of carbonyl (C=O) groups excluding carboxylic acids is 2. The number of likely N-dealkylation sites (tertiary alicyclic amines) is 1. The van der Waals surface area contributed by atoms with Crippen molar-refractivity contribution < 1.29 is 24.2 Å². The standard InChI is InChI=1S/C24H32N2O5/c1-3-30-18-10-9-17(15-19(18)31-4-2)21-20(22(27)16-7-8-16)23(28)24(29)26(21)14-13-25-11-5-6-12-25/h9-10,15-16,21,28H,3-8,11-14H2,1-2H3. The lowest BCUT2D eigenvalue weighted by Gasteiger charge is -2.29. The first kappa shape index (κ1) is 21.7. The highest BCUT2D eigenvalue weighted by atomic mass is 16.5. The fraction of sp³-hybridized carbons (Fsp3) is 0.583. The van der Waals surface area contributed by atoms with Crippen molar-refractivity contribution in [1.29, 1.82) is 0 Å². The quantitative estimate of drug-likeness (QED) is 0.616. The molecule has 0 radical (unpaired) electrons. The molecule has 7 nitrogen and oxygen atoms in total. The third kappa shape index (κ3) is 4.42. The van der Waals surface area contributed by atoms with E-state index in [-0.39, 0.29) is 17.3 Å². The van der Waals surface area contributed by atoms with E-state index < -0.39 is 17.7 Å². The van der Waals surface area contributed by atoms with Crippen LogP contribution in [0.3, 0.4) is 0 Å². The normalized spacial score (nSPS) is 21.8. The molecule has 7 heteroatoms. The number of carbonyl (C=O) groups is 2. The maximum Gasteiger partial charge on any atom is 0.290 e. The summed E-state index contributed by atoms with van der Waals surface area (Å²) in [5, 5.41) is 10.7. The topological polar surface area (TPSA) is 79.3 Å². The van der Waals surface area contributed by atoms with E-state index in [2.05, 4.69) is 4.90 Å². The van der Waals surface area contributed by atoms with Crippen molar-refractivity contribution in [3.05, 3.63) is 35.1 Å². The van der Waals surface area contributed by atoms with Crippen LogP contribution in [0.1, 0.15) is 51.1 Å². The molecule has 0 bridgehead atoms. The van der Waals surface area contributed by atoms with E-state index in [4.69, 9.17) is 9.47 Å². The minimum absolute atomic E-state index is 0.0833. The molecule has 0 aromatic heterocycles. The summed E-state index contributed by atoms with van der Waals surface area (Å²) >= 11 is 0. The Kier molecular flexibility index (Phi) is 6.51. The summed E-state index contributed by atoms with van der Waals surface area (Å²) in [4.78, 5) is 30.1. The van der Waals surface area contributed by atoms with Gasteiger partial charge in [-0.2, -0.15) is 0 Å². The monoisotopic (exact) mass is 428 g/mol. The molecular weight excluding hydrogens is 396 g/mol. The first-order chi connectivity index (χ1) is 15.0. The van der Waals surface area contributed by atoms with Gasteiger partial charge in [-0.15, -0.1) is 0 Å². The van der Waals surface area contributed by atoms with Gasteiger partial charge in [-0.25, -0.2) is 0 Å². The van der Waals surface area contributed by atoms with E-state index in [1.807, 2.05) is 32.0 Å². The molecule has 1 N–H and O–H groups in total. The summed E-state index contributed by atoms with van der Waals surface area (Å²) in [5.74, 6) is 0.171. The zero-order chi connectivity index (χ0) is 22.0. The van der Waals surface area contributed by atoms with Crippen LogP contribution < -0.4 is 9.47 Å². The molecule has 1 aliphatic carbocycles. The van der Waals surface area contributed by atoms with Gasteiger partial charge in [-0.05, 0) is 70.3 Å². The predicted molar refractivity (Wildman–Crippen MR) is 116 cm³/mol. The first-order valence-corrected chi connectivity index (χ1v) is 11.4. The van der Waals surface area contributed by atoms with Crippen LogP contribution in [0.15, 0.2) is 29.5 Å². The van der Waals surface area contributed by atoms with Crippen LogP contribution in [-0.4, -0.2) is 66.0 Å². The Bertz CT molecular complexity index is 871. The number of ether oxygens (including phenoxy) is 2. The Hall–Kier alpha value is -2.54. The van der Waals surface area contributed by atoms with Gasteiger partial charge in [-0.3, -0.25) is 9.59 Å². The fourth-order valence-electron chi connectivity index (χ4n) is 4.54. The molecule has 168 valence electrons. The number of Topliss-reactive ketones (excluding diaryl/α,β-unsaturated/α-hetero) is 1. The number of hydrogen-bond donors (Lipinski definition) is 1. The number of aliphatic hydroxyl groups is 1. The summed E-state index contributed by atoms with van der Waals surface area (Å²) in [6.07, 6.45) is 3.97. The van der Waals surface area contributed by atoms with Gasteiger partial charge in [0.05, 0.1) is 24.8 Å². The molecule has 1 aromatic rings. The molecule has 3 aliphatic rings. The Morgan fingerprint density at radius 2 is 1.74 bits per heavy atom. The lowest BCUT2D eigenvalue weighted by Crippen LogP contribution is -2.38. The third-order valence-corrected chi connectivity index (χ3v) is 6.26. The fourth-order valence-corrected chi connectivity index (χ4v) is 4.54. The Morgan fingerprint density at radius 3 is 2.39 bits per heavy atom. The van der Waals surface area contributed by atoms with E-state index in [1.165, 1.54) is 12.8 Å². The van der Waals surface area contributed by atoms with E-state index >= 15 is 0 Å². The van der Waals surface area contributed by atoms with Crippen LogP contribution in [-0.2, 0) is 9.59 Å². The van der Waals surface area contributed by atoms with Gasteiger partial charge in [0.2, 0.25) is 0 Å². The number of aliphatic hydroxyl groups excluding tert-OH is 1. The van der Waals surface area contributed by atoms with Crippen molar-refractivity contribution in [3.63, 3.8) is 0 Å². The first-order valence-electron chi connectivity index (χ1n) is 11.4. The van der Waals surface area contributed by atoms with Crippen molar-refractivity contribution in [2.75, 3.05) is 39.4 Å². The zero-order valence-corrected chi connectivity index (χ0v) is 18.4. The molecule has 1 saturated heterocycles. The van der Waals surface area contributed by atoms with Crippen LogP contribution in [0.2, 0.25) is 0 Å². The molecule has 2 fully saturated rings. The Morgan fingerprint density at radius 1 is 1.06 bits per heavy atom. The minimum atomic E-state index is -0.599. The van der Waals surface area contributed by atoms with Crippen LogP contribution in [0, 0.1) is 5.92 Å². The van der Waals surface area contributed by atoms with Crippen molar-refractivity contribution in [2.24, 2.45) is 5.92 Å². The van der Waals surface area contributed by atoms with Gasteiger partial charge in [0.15, 0.2) is 23.0 Å². The number of nitrogens with zero attached hydrogens (tertiary/aromatic N) is 2. The van der Waals surface area contributed by atoms with Crippen molar-refractivity contribution in [1.82, 2.24) is 9.80 Å². The average molecular weight is 429 g/mol. The second kappa shape index (κ2) is 9.30. The highest BCUT2D eigenvalue weighted by Gasteiger charge is 2.47. The second-order valence-electron chi connectivity index (χ2n) is 8.42. The van der Waals surface area contributed by atoms with E-state index in [1.54, 1.807) is 4.90 Å². The molecule has 1 atom stereocenters. The molecule has 4 rings (SSSR count). The molecule has 1 saturated carbocycles. The number of hydrogen-bond acceptors (Lipinski definition) is 6. The highest BCUT2D eigenvalue weighted by Crippen LogP contribution is 2.44. The number of amides is 1. The highest BCUT2D eigenvalue weighted by molar-refractivity contribution is 6.10. The predicted octanol–water partition coefficient (Wildman–Crippen LogP) is 3.25. The molecule has 0 spiro atoms. The second-order valence-corrected chi connectivity index (χ2v) is 8.42. The van der Waals surface area contributed by atoms with Crippen molar-refractivity contribution in [2.45, 2.75) is 45.6 Å². The van der Waals surface area contributed by atoms with Gasteiger partial charge < -0.3 is 24.4 Å². The molecule has 1 aromatic carbocycles. The van der Waals surface area contributed by atoms with Crippen molar-refractivity contribution in [3.8, 4) is 11.5 Å². The molecule has 2 heterocycles. The number of benzene rings is 1. The summed E-state index contributed by atoms with van der Waals surface area (Å²) in [6.45, 7) is 8.04. The summed E-state index contributed by atoms with van der Waals surface area (Å²) < 4.78 is 11.4. The van der Waals surface area contributed by atoms with Gasteiger partial charge in [0.1, 0.15) is 0 Å². The maximum atomic E-state index is 13.1. The minimum Gasteiger partial charge on any atom is -0.503 e. The lowest BCUT2D eigenvalue weighted by atomic mass is 9.94. The van der Waals surface area contributed by atoms with E-state index in [9.17, 15) is 14.7 Å². The van der Waals surface area contributed by atoms with Gasteiger partial charge in [-0.1, -0.05) is 6.07 Å². The molecule has 2 aliphatic heterocycles. The summed E-state index contributed by atoms with van der Waals surface area (Å²) in [7, 11) is 0. The van der Waals surface area contributed by atoms with Gasteiger partial charge in [0.25, 0.3) is 5.91 Å². The number of rotatable bonds is 10. The van der Waals surface area contributed by atoms with Gasteiger partial charge >= 0.3 is 0 Å². The Balaban J connectivity index is 1.68. The van der Waals surface area contributed by atoms with Gasteiger partial charge in [0, 0.05) is 19.0 Å². The van der Waals surface area contributed by atoms with Crippen molar-refractivity contribution >= 4 is 11.7 Å². The lowest BCUT2D eigenvalue weighted by molar-refractivity contribution is -0.129. The van der Waals surface area contributed by atoms with Crippen LogP contribution in [0.4, 0.5) is 0 Å². The summed E-state index contributed by atoms with van der Waals surface area (Å²) in [6, 6.07) is 4.93. The van der Waals surface area contributed by atoms with Crippen LogP contribution in [0.5, 0.6) is 11.5 Å². The smallest absolute Gasteiger partial charge is 0.290 e. The van der Waals surface area contributed by atoms with Crippen LogP contribution >= 0.6 is 0 Å². The molecular formula is C24H32N2O5. The average Bonchev–Trinajstić information content (AvgIpc) is 3.43. The van der Waals surface area contributed by atoms with Crippen LogP contribution in [0.25, 0.3) is 0 Å². The maximum absolute atomic E-state index is 13.1. The number of ketones is 1. The summed E-state index contributed by atoms with van der Waals surface area (Å²) in [5.41, 5.74) is 0.996. The zero-order valence-electron chi connectivity index (χ0n) is 18.4. The molecule has 1 unspecified atom stereocenters. The third-order valence-electron chi connectivity index (χ3n) is 6.26.